The highest BCUT2D eigenvalue weighted by Crippen LogP contribution is 2.32. The standard InChI is InChI=1S/C18H20N2O5/c21-12-3-4-15-14(10-12)13-2-1-5-20(17(13)18(23)25-15)16(22)11-19-6-8-24-9-7-19/h3-4,10,21H,1-2,5-9,11H2/p+1. The molecule has 0 saturated carbocycles. The van der Waals surface area contributed by atoms with Crippen LogP contribution < -0.4 is 15.4 Å². The van der Waals surface area contributed by atoms with Gasteiger partial charge in [-0.15, -0.1) is 0 Å². The number of quaternary nitrogens is 1. The molecule has 1 aromatic carbocycles. The maximum absolute atomic E-state index is 12.8. The number of aromatic hydroxyl groups is 1. The van der Waals surface area contributed by atoms with Crippen molar-refractivity contribution in [1.29, 1.82) is 0 Å². The number of hydrogen-bond acceptors (Lipinski definition) is 5. The van der Waals surface area contributed by atoms with Gasteiger partial charge in [-0.3, -0.25) is 4.79 Å². The van der Waals surface area contributed by atoms with Gasteiger partial charge in [-0.25, -0.2) is 4.79 Å². The SMILES string of the molecule is O=C(C[NH+]1CCOCC1)N1CCCc2c1c(=O)oc1ccc(O)cc21. The van der Waals surface area contributed by atoms with E-state index in [4.69, 9.17) is 9.15 Å². The highest BCUT2D eigenvalue weighted by molar-refractivity contribution is 5.98. The van der Waals surface area contributed by atoms with Crippen LogP contribution in [0, 0.1) is 0 Å². The van der Waals surface area contributed by atoms with Gasteiger partial charge in [0, 0.05) is 11.9 Å². The van der Waals surface area contributed by atoms with Gasteiger partial charge in [-0.05, 0) is 36.6 Å². The molecular weight excluding hydrogens is 324 g/mol. The van der Waals surface area contributed by atoms with Gasteiger partial charge in [0.25, 0.3) is 5.91 Å². The molecule has 2 aliphatic heterocycles. The number of fused-ring (bicyclic) bond motifs is 3. The summed E-state index contributed by atoms with van der Waals surface area (Å²) in [6, 6.07) is 4.68. The molecule has 0 atom stereocenters. The van der Waals surface area contributed by atoms with Crippen molar-refractivity contribution in [2.75, 3.05) is 44.3 Å². The molecule has 2 N–H and O–H groups in total. The van der Waals surface area contributed by atoms with Gasteiger partial charge in [0.15, 0.2) is 6.54 Å². The van der Waals surface area contributed by atoms with Crippen LogP contribution in [0.3, 0.4) is 0 Å². The fourth-order valence-electron chi connectivity index (χ4n) is 3.69. The minimum atomic E-state index is -0.488. The lowest BCUT2D eigenvalue weighted by Gasteiger charge is -2.30. The number of aryl methyl sites for hydroxylation is 1. The van der Waals surface area contributed by atoms with Crippen LogP contribution in [0.25, 0.3) is 11.0 Å². The summed E-state index contributed by atoms with van der Waals surface area (Å²) in [6.07, 6.45) is 1.47. The van der Waals surface area contributed by atoms with Gasteiger partial charge in [0.1, 0.15) is 30.1 Å². The van der Waals surface area contributed by atoms with E-state index >= 15 is 0 Å². The van der Waals surface area contributed by atoms with E-state index in [1.807, 2.05) is 0 Å². The molecule has 1 aromatic heterocycles. The van der Waals surface area contributed by atoms with Crippen molar-refractivity contribution in [2.24, 2.45) is 0 Å². The average molecular weight is 345 g/mol. The van der Waals surface area contributed by atoms with Crippen LogP contribution in [0.1, 0.15) is 12.0 Å². The van der Waals surface area contributed by atoms with Crippen molar-refractivity contribution in [3.8, 4) is 5.75 Å². The van der Waals surface area contributed by atoms with Crippen molar-refractivity contribution in [3.05, 3.63) is 34.2 Å². The summed E-state index contributed by atoms with van der Waals surface area (Å²) in [6.45, 7) is 3.78. The zero-order valence-electron chi connectivity index (χ0n) is 13.9. The molecule has 2 aliphatic rings. The van der Waals surface area contributed by atoms with Gasteiger partial charge in [-0.1, -0.05) is 0 Å². The molecule has 0 spiro atoms. The molecular formula is C18H21N2O5+. The average Bonchev–Trinajstić information content (AvgIpc) is 2.63. The molecule has 1 saturated heterocycles. The number of amides is 1. The summed E-state index contributed by atoms with van der Waals surface area (Å²) in [7, 11) is 0. The van der Waals surface area contributed by atoms with Crippen molar-refractivity contribution >= 4 is 22.6 Å². The summed E-state index contributed by atoms with van der Waals surface area (Å²) in [4.78, 5) is 28.1. The maximum Gasteiger partial charge on any atom is 0.360 e. The number of ether oxygens (including phenoxy) is 1. The minimum Gasteiger partial charge on any atom is -0.508 e. The predicted molar refractivity (Wildman–Crippen MR) is 91.2 cm³/mol. The first-order valence-corrected chi connectivity index (χ1v) is 8.64. The fourth-order valence-corrected chi connectivity index (χ4v) is 3.69. The van der Waals surface area contributed by atoms with Gasteiger partial charge in [0.2, 0.25) is 0 Å². The fraction of sp³-hybridized carbons (Fsp3) is 0.444. The molecule has 1 fully saturated rings. The summed E-state index contributed by atoms with van der Waals surface area (Å²) < 4.78 is 10.7. The highest BCUT2D eigenvalue weighted by atomic mass is 16.5. The van der Waals surface area contributed by atoms with Gasteiger partial charge >= 0.3 is 5.63 Å². The number of morpholine rings is 1. The summed E-state index contributed by atoms with van der Waals surface area (Å²) in [5.41, 5.74) is 1.08. The lowest BCUT2D eigenvalue weighted by atomic mass is 9.98. The first-order chi connectivity index (χ1) is 12.1. The second kappa shape index (κ2) is 6.50. The molecule has 2 aromatic rings. The summed E-state index contributed by atoms with van der Waals surface area (Å²) in [5.74, 6) is 0.0504. The monoisotopic (exact) mass is 345 g/mol. The van der Waals surface area contributed by atoms with Gasteiger partial charge < -0.3 is 24.1 Å². The lowest BCUT2D eigenvalue weighted by Crippen LogP contribution is -3.15. The number of phenols is 1. The number of nitrogens with one attached hydrogen (secondary N) is 1. The maximum atomic E-state index is 12.8. The third-order valence-electron chi connectivity index (χ3n) is 4.95. The van der Waals surface area contributed by atoms with E-state index in [1.165, 1.54) is 11.0 Å². The third-order valence-corrected chi connectivity index (χ3v) is 4.95. The first kappa shape index (κ1) is 16.1. The zero-order valence-corrected chi connectivity index (χ0v) is 13.9. The molecule has 25 heavy (non-hydrogen) atoms. The number of anilines is 1. The number of nitrogens with zero attached hydrogens (tertiary/aromatic N) is 1. The van der Waals surface area contributed by atoms with Crippen LogP contribution in [0.2, 0.25) is 0 Å². The molecule has 0 aliphatic carbocycles. The Morgan fingerprint density at radius 1 is 1.28 bits per heavy atom. The predicted octanol–water partition coefficient (Wildman–Crippen LogP) is -0.307. The van der Waals surface area contributed by atoms with Crippen LogP contribution in [0.5, 0.6) is 5.75 Å². The van der Waals surface area contributed by atoms with Crippen molar-refractivity contribution < 1.29 is 24.0 Å². The smallest absolute Gasteiger partial charge is 0.360 e. The van der Waals surface area contributed by atoms with Crippen LogP contribution in [0.4, 0.5) is 5.69 Å². The number of carbonyl (C=O) groups excluding carboxylic acids is 1. The number of hydrogen-bond donors (Lipinski definition) is 2. The quantitative estimate of drug-likeness (QED) is 0.730. The molecule has 3 heterocycles. The van der Waals surface area contributed by atoms with Crippen LogP contribution in [0.15, 0.2) is 27.4 Å². The second-order valence-electron chi connectivity index (χ2n) is 6.59. The third kappa shape index (κ3) is 3.01. The van der Waals surface area contributed by atoms with E-state index in [2.05, 4.69) is 0 Å². The van der Waals surface area contributed by atoms with E-state index in [9.17, 15) is 14.7 Å². The Morgan fingerprint density at radius 3 is 2.88 bits per heavy atom. The Kier molecular flexibility index (Phi) is 4.19. The van der Waals surface area contributed by atoms with E-state index in [1.54, 1.807) is 17.0 Å². The van der Waals surface area contributed by atoms with Crippen molar-refractivity contribution in [1.82, 2.24) is 0 Å². The number of carbonyl (C=O) groups is 1. The van der Waals surface area contributed by atoms with E-state index in [-0.39, 0.29) is 11.7 Å². The summed E-state index contributed by atoms with van der Waals surface area (Å²) >= 11 is 0. The lowest BCUT2D eigenvalue weighted by molar-refractivity contribution is -0.900. The summed E-state index contributed by atoms with van der Waals surface area (Å²) in [5, 5.41) is 10.5. The molecule has 132 valence electrons. The van der Waals surface area contributed by atoms with Crippen LogP contribution in [-0.2, 0) is 16.0 Å². The Labute approximate surface area is 144 Å². The molecule has 4 rings (SSSR count). The van der Waals surface area contributed by atoms with Crippen LogP contribution >= 0.6 is 0 Å². The van der Waals surface area contributed by atoms with Gasteiger partial charge in [0.05, 0.1) is 13.2 Å². The van der Waals surface area contributed by atoms with E-state index in [0.717, 1.165) is 25.1 Å². The number of benzene rings is 1. The molecule has 1 amide bonds. The topological polar surface area (TPSA) is 84.4 Å². The molecule has 0 radical (unpaired) electrons. The molecule has 0 bridgehead atoms. The minimum absolute atomic E-state index is 0.0651. The molecule has 7 heteroatoms. The molecule has 7 nitrogen and oxygen atoms in total. The van der Waals surface area contributed by atoms with Crippen molar-refractivity contribution in [3.63, 3.8) is 0 Å². The highest BCUT2D eigenvalue weighted by Gasteiger charge is 2.31. The Bertz CT molecular complexity index is 870. The second-order valence-corrected chi connectivity index (χ2v) is 6.59. The Hall–Kier alpha value is -2.38. The van der Waals surface area contributed by atoms with E-state index < -0.39 is 5.63 Å². The first-order valence-electron chi connectivity index (χ1n) is 8.64. The normalized spacial score (nSPS) is 18.3. The van der Waals surface area contributed by atoms with E-state index in [0.29, 0.717) is 49.4 Å². The Balaban J connectivity index is 1.71. The van der Waals surface area contributed by atoms with Gasteiger partial charge in [-0.2, -0.15) is 0 Å². The number of phenolic OH excluding ortho intramolecular Hbond substituents is 1. The number of rotatable bonds is 2. The van der Waals surface area contributed by atoms with Crippen molar-refractivity contribution in [2.45, 2.75) is 12.8 Å². The van der Waals surface area contributed by atoms with Crippen LogP contribution in [-0.4, -0.2) is 50.4 Å². The Morgan fingerprint density at radius 2 is 2.08 bits per heavy atom. The zero-order chi connectivity index (χ0) is 17.4. The molecule has 0 unspecified atom stereocenters. The largest absolute Gasteiger partial charge is 0.508 e.